The van der Waals surface area contributed by atoms with Gasteiger partial charge < -0.3 is 9.84 Å². The van der Waals surface area contributed by atoms with Gasteiger partial charge in [-0.1, -0.05) is 40.2 Å². The van der Waals surface area contributed by atoms with Gasteiger partial charge >= 0.3 is 0 Å². The summed E-state index contributed by atoms with van der Waals surface area (Å²) in [6.45, 7) is 5.08. The summed E-state index contributed by atoms with van der Waals surface area (Å²) >= 11 is 3.40. The lowest BCUT2D eigenvalue weighted by Crippen LogP contribution is -2.51. The molecule has 182 valence electrons. The van der Waals surface area contributed by atoms with Crippen molar-refractivity contribution in [1.82, 2.24) is 14.7 Å². The largest absolute Gasteiger partial charge is 0.491 e. The maximum absolute atomic E-state index is 13.1. The number of hydrogen-bond donors (Lipinski definition) is 1. The smallest absolute Gasteiger partial charge is 0.261 e. The van der Waals surface area contributed by atoms with Crippen molar-refractivity contribution >= 4 is 38.5 Å². The number of hydrogen-bond acceptors (Lipinski definition) is 6. The number of ether oxygens (including phenoxy) is 1. The predicted molar refractivity (Wildman–Crippen MR) is 138 cm³/mol. The number of rotatable bonds is 8. The molecule has 5 rings (SSSR count). The molecule has 1 atom stereocenters. The van der Waals surface area contributed by atoms with E-state index in [9.17, 15) is 14.7 Å². The van der Waals surface area contributed by atoms with Crippen molar-refractivity contribution in [2.75, 3.05) is 52.4 Å². The van der Waals surface area contributed by atoms with E-state index >= 15 is 0 Å². The average molecular weight is 538 g/mol. The third-order valence-electron chi connectivity index (χ3n) is 6.69. The maximum Gasteiger partial charge on any atom is 0.261 e. The Labute approximate surface area is 213 Å². The first-order valence-electron chi connectivity index (χ1n) is 11.9. The highest BCUT2D eigenvalue weighted by molar-refractivity contribution is 9.10. The average Bonchev–Trinajstić information content (AvgIpc) is 2.88. The van der Waals surface area contributed by atoms with Gasteiger partial charge in [0.2, 0.25) is 0 Å². The van der Waals surface area contributed by atoms with Crippen molar-refractivity contribution in [3.8, 4) is 5.75 Å². The number of imide groups is 1. The van der Waals surface area contributed by atoms with Crippen LogP contribution in [0.3, 0.4) is 0 Å². The molecule has 2 heterocycles. The Morgan fingerprint density at radius 3 is 2.06 bits per heavy atom. The van der Waals surface area contributed by atoms with Crippen LogP contribution in [-0.4, -0.2) is 90.1 Å². The molecule has 0 saturated carbocycles. The fraction of sp³-hybridized carbons (Fsp3) is 0.333. The van der Waals surface area contributed by atoms with Crippen molar-refractivity contribution in [1.29, 1.82) is 0 Å². The number of benzene rings is 3. The van der Waals surface area contributed by atoms with Gasteiger partial charge in [-0.05, 0) is 41.8 Å². The Kier molecular flexibility index (Phi) is 7.15. The van der Waals surface area contributed by atoms with Crippen molar-refractivity contribution in [3.63, 3.8) is 0 Å². The number of carbonyl (C=O) groups excluding carboxylic acids is 2. The summed E-state index contributed by atoms with van der Waals surface area (Å²) in [5.41, 5.74) is 1.20. The Balaban J connectivity index is 1.09. The molecule has 1 unspecified atom stereocenters. The summed E-state index contributed by atoms with van der Waals surface area (Å²) in [6.07, 6.45) is -0.573. The van der Waals surface area contributed by atoms with Crippen LogP contribution in [0.5, 0.6) is 5.75 Å². The lowest BCUT2D eigenvalue weighted by Gasteiger charge is -2.36. The van der Waals surface area contributed by atoms with Crippen LogP contribution in [0, 0.1) is 0 Å². The van der Waals surface area contributed by atoms with E-state index in [0.717, 1.165) is 47.2 Å². The number of aliphatic hydroxyl groups is 1. The Hall–Kier alpha value is -2.78. The van der Waals surface area contributed by atoms with Gasteiger partial charge in [-0.3, -0.25) is 24.3 Å². The third kappa shape index (κ3) is 5.26. The minimum absolute atomic E-state index is 0.216. The number of β-amino-alcohol motifs (C(OH)–C–C–N with tert-alkyl or cyclic N) is 1. The second kappa shape index (κ2) is 10.5. The summed E-state index contributed by atoms with van der Waals surface area (Å²) in [6, 6.07) is 18.8. The van der Waals surface area contributed by atoms with Gasteiger partial charge in [-0.15, -0.1) is 0 Å². The van der Waals surface area contributed by atoms with Crippen LogP contribution < -0.4 is 4.74 Å². The zero-order chi connectivity index (χ0) is 24.4. The maximum atomic E-state index is 13.1. The molecule has 2 amide bonds. The van der Waals surface area contributed by atoms with E-state index in [1.54, 1.807) is 12.1 Å². The van der Waals surface area contributed by atoms with Gasteiger partial charge in [0.05, 0.1) is 0 Å². The lowest BCUT2D eigenvalue weighted by molar-refractivity contribution is 0.0416. The molecule has 2 aliphatic heterocycles. The molecule has 1 fully saturated rings. The fourth-order valence-electron chi connectivity index (χ4n) is 4.79. The van der Waals surface area contributed by atoms with Crippen molar-refractivity contribution < 1.29 is 19.4 Å². The van der Waals surface area contributed by atoms with Gasteiger partial charge in [0.25, 0.3) is 11.8 Å². The summed E-state index contributed by atoms with van der Waals surface area (Å²) in [5, 5.41) is 12.1. The topological polar surface area (TPSA) is 73.3 Å². The van der Waals surface area contributed by atoms with Gasteiger partial charge in [-0.2, -0.15) is 0 Å². The molecule has 2 aliphatic rings. The van der Waals surface area contributed by atoms with E-state index in [4.69, 9.17) is 4.74 Å². The normalized spacial score (nSPS) is 17.7. The molecular weight excluding hydrogens is 510 g/mol. The van der Waals surface area contributed by atoms with Crippen molar-refractivity contribution in [2.24, 2.45) is 0 Å². The first kappa shape index (κ1) is 23.9. The molecule has 0 radical (unpaired) electrons. The Morgan fingerprint density at radius 1 is 0.829 bits per heavy atom. The Bertz CT molecular complexity index is 1170. The Morgan fingerprint density at radius 2 is 1.43 bits per heavy atom. The molecule has 1 saturated heterocycles. The monoisotopic (exact) mass is 537 g/mol. The van der Waals surface area contributed by atoms with Gasteiger partial charge in [-0.25, -0.2) is 0 Å². The SMILES string of the molecule is O=C1c2cccc3cccc(c23)C(=O)N1CCN1CCN(CC(O)COc2ccc(Br)cc2)CC1. The van der Waals surface area contributed by atoms with E-state index < -0.39 is 6.10 Å². The molecule has 8 heteroatoms. The summed E-state index contributed by atoms with van der Waals surface area (Å²) in [7, 11) is 0. The van der Waals surface area contributed by atoms with Crippen molar-refractivity contribution in [3.05, 3.63) is 76.3 Å². The predicted octanol–water partition coefficient (Wildman–Crippen LogP) is 3.26. The molecular formula is C27H28BrN3O4. The van der Waals surface area contributed by atoms with Crippen molar-refractivity contribution in [2.45, 2.75) is 6.10 Å². The molecule has 3 aromatic rings. The molecule has 3 aromatic carbocycles. The van der Waals surface area contributed by atoms with E-state index in [1.807, 2.05) is 48.5 Å². The number of nitrogens with zero attached hydrogens (tertiary/aromatic N) is 3. The summed E-state index contributed by atoms with van der Waals surface area (Å²) in [4.78, 5) is 32.0. The zero-order valence-electron chi connectivity index (χ0n) is 19.4. The first-order valence-corrected chi connectivity index (χ1v) is 12.7. The number of aliphatic hydroxyl groups excluding tert-OH is 1. The van der Waals surface area contributed by atoms with E-state index in [0.29, 0.717) is 30.8 Å². The van der Waals surface area contributed by atoms with Crippen LogP contribution in [0.2, 0.25) is 0 Å². The number of carbonyl (C=O) groups is 2. The molecule has 35 heavy (non-hydrogen) atoms. The highest BCUT2D eigenvalue weighted by Gasteiger charge is 2.33. The second-order valence-corrected chi connectivity index (χ2v) is 9.95. The van der Waals surface area contributed by atoms with Crippen LogP contribution in [0.1, 0.15) is 20.7 Å². The first-order chi connectivity index (χ1) is 17.0. The lowest BCUT2D eigenvalue weighted by atomic mass is 9.94. The third-order valence-corrected chi connectivity index (χ3v) is 7.21. The molecule has 7 nitrogen and oxygen atoms in total. The van der Waals surface area contributed by atoms with Gasteiger partial charge in [0, 0.05) is 66.8 Å². The van der Waals surface area contributed by atoms with E-state index in [-0.39, 0.29) is 18.4 Å². The molecule has 1 N–H and O–H groups in total. The van der Waals surface area contributed by atoms with Gasteiger partial charge in [0.1, 0.15) is 18.5 Å². The van der Waals surface area contributed by atoms with Crippen LogP contribution in [0.15, 0.2) is 65.1 Å². The number of amides is 2. The standard InChI is InChI=1S/C27H28BrN3O4/c28-20-7-9-22(10-8-20)35-18-21(32)17-30-13-11-29(12-14-30)15-16-31-26(33)23-5-1-3-19-4-2-6-24(25(19)23)27(31)34/h1-10,21,32H,11-18H2. The summed E-state index contributed by atoms with van der Waals surface area (Å²) < 4.78 is 6.67. The minimum Gasteiger partial charge on any atom is -0.491 e. The molecule has 0 aromatic heterocycles. The number of halogens is 1. The van der Waals surface area contributed by atoms with Crippen LogP contribution >= 0.6 is 15.9 Å². The second-order valence-electron chi connectivity index (χ2n) is 9.03. The van der Waals surface area contributed by atoms with Crippen LogP contribution in [-0.2, 0) is 0 Å². The van der Waals surface area contributed by atoms with Gasteiger partial charge in [0.15, 0.2) is 0 Å². The zero-order valence-corrected chi connectivity index (χ0v) is 21.0. The van der Waals surface area contributed by atoms with Crippen LogP contribution in [0.25, 0.3) is 10.8 Å². The molecule has 0 aliphatic carbocycles. The van der Waals surface area contributed by atoms with Crippen LogP contribution in [0.4, 0.5) is 0 Å². The highest BCUT2D eigenvalue weighted by Crippen LogP contribution is 2.29. The summed E-state index contributed by atoms with van der Waals surface area (Å²) in [5.74, 6) is 0.302. The molecule has 0 bridgehead atoms. The fourth-order valence-corrected chi connectivity index (χ4v) is 5.06. The van der Waals surface area contributed by atoms with E-state index in [1.165, 1.54) is 4.90 Å². The highest BCUT2D eigenvalue weighted by atomic mass is 79.9. The quantitative estimate of drug-likeness (QED) is 0.444. The minimum atomic E-state index is -0.573. The van der Waals surface area contributed by atoms with E-state index in [2.05, 4.69) is 25.7 Å². The molecule has 0 spiro atoms. The number of piperazine rings is 1.